The lowest BCUT2D eigenvalue weighted by Crippen LogP contribution is -2.49. The SMILES string of the molecule is CCN(CC)C(CCCNC(C)=O)C(=O)NCC(=O)NCCC=O. The number of hydrogen-bond donors (Lipinski definition) is 3. The summed E-state index contributed by atoms with van der Waals surface area (Å²) in [5, 5.41) is 7.91. The highest BCUT2D eigenvalue weighted by molar-refractivity contribution is 5.87. The molecule has 0 saturated carbocycles. The molecule has 1 atom stereocenters. The van der Waals surface area contributed by atoms with E-state index in [1.807, 2.05) is 18.7 Å². The van der Waals surface area contributed by atoms with Gasteiger partial charge < -0.3 is 20.7 Å². The highest BCUT2D eigenvalue weighted by Crippen LogP contribution is 2.07. The molecule has 0 aliphatic heterocycles. The molecule has 138 valence electrons. The van der Waals surface area contributed by atoms with E-state index in [0.717, 1.165) is 19.4 Å². The summed E-state index contributed by atoms with van der Waals surface area (Å²) in [5.74, 6) is -0.611. The maximum Gasteiger partial charge on any atom is 0.239 e. The third-order valence-electron chi connectivity index (χ3n) is 3.59. The van der Waals surface area contributed by atoms with Crippen LogP contribution in [0.5, 0.6) is 0 Å². The summed E-state index contributed by atoms with van der Waals surface area (Å²) in [4.78, 5) is 47.1. The number of amides is 3. The van der Waals surface area contributed by atoms with E-state index in [-0.39, 0.29) is 43.3 Å². The van der Waals surface area contributed by atoms with Gasteiger partial charge in [0.2, 0.25) is 17.7 Å². The topological polar surface area (TPSA) is 108 Å². The van der Waals surface area contributed by atoms with Crippen LogP contribution in [0.4, 0.5) is 0 Å². The van der Waals surface area contributed by atoms with Crippen molar-refractivity contribution >= 4 is 24.0 Å². The summed E-state index contributed by atoms with van der Waals surface area (Å²) in [6.07, 6.45) is 2.26. The first-order valence-electron chi connectivity index (χ1n) is 8.42. The van der Waals surface area contributed by atoms with Crippen molar-refractivity contribution in [2.75, 3.05) is 32.7 Å². The number of hydrogen-bond acceptors (Lipinski definition) is 5. The van der Waals surface area contributed by atoms with E-state index in [4.69, 9.17) is 0 Å². The third-order valence-corrected chi connectivity index (χ3v) is 3.59. The van der Waals surface area contributed by atoms with E-state index in [9.17, 15) is 19.2 Å². The Morgan fingerprint density at radius 3 is 2.25 bits per heavy atom. The number of nitrogens with zero attached hydrogens (tertiary/aromatic N) is 1. The summed E-state index contributed by atoms with van der Waals surface area (Å²) in [6.45, 7) is 7.54. The van der Waals surface area contributed by atoms with Gasteiger partial charge >= 0.3 is 0 Å². The van der Waals surface area contributed by atoms with Crippen LogP contribution in [0.1, 0.15) is 40.0 Å². The molecule has 0 fully saturated rings. The van der Waals surface area contributed by atoms with Crippen LogP contribution in [0.15, 0.2) is 0 Å². The Morgan fingerprint density at radius 1 is 1.04 bits per heavy atom. The molecule has 0 aromatic rings. The van der Waals surface area contributed by atoms with Crippen molar-refractivity contribution in [1.29, 1.82) is 0 Å². The Kier molecular flexibility index (Phi) is 12.4. The molecule has 0 radical (unpaired) electrons. The fourth-order valence-electron chi connectivity index (χ4n) is 2.32. The Balaban J connectivity index is 4.42. The lowest BCUT2D eigenvalue weighted by atomic mass is 10.1. The van der Waals surface area contributed by atoms with Crippen molar-refractivity contribution in [3.8, 4) is 0 Å². The number of carbonyl (C=O) groups is 4. The number of rotatable bonds is 13. The van der Waals surface area contributed by atoms with Gasteiger partial charge in [0.05, 0.1) is 12.6 Å². The molecular formula is C16H30N4O4. The Labute approximate surface area is 143 Å². The lowest BCUT2D eigenvalue weighted by Gasteiger charge is -2.28. The number of aldehydes is 1. The van der Waals surface area contributed by atoms with E-state index in [2.05, 4.69) is 16.0 Å². The van der Waals surface area contributed by atoms with Crippen LogP contribution in [-0.4, -0.2) is 67.7 Å². The molecule has 0 bridgehead atoms. The largest absolute Gasteiger partial charge is 0.356 e. The van der Waals surface area contributed by atoms with Crippen LogP contribution in [0.2, 0.25) is 0 Å². The van der Waals surface area contributed by atoms with Gasteiger partial charge in [-0.2, -0.15) is 0 Å². The Hall–Kier alpha value is -1.96. The van der Waals surface area contributed by atoms with Crippen molar-refractivity contribution in [1.82, 2.24) is 20.9 Å². The van der Waals surface area contributed by atoms with Crippen molar-refractivity contribution in [3.05, 3.63) is 0 Å². The molecule has 0 aliphatic carbocycles. The van der Waals surface area contributed by atoms with Crippen LogP contribution >= 0.6 is 0 Å². The molecule has 0 aliphatic rings. The second kappa shape index (κ2) is 13.5. The predicted octanol–water partition coefficient (Wildman–Crippen LogP) is -0.565. The smallest absolute Gasteiger partial charge is 0.239 e. The van der Waals surface area contributed by atoms with Gasteiger partial charge in [0.1, 0.15) is 6.29 Å². The summed E-state index contributed by atoms with van der Waals surface area (Å²) >= 11 is 0. The summed E-state index contributed by atoms with van der Waals surface area (Å²) in [7, 11) is 0. The highest BCUT2D eigenvalue weighted by atomic mass is 16.2. The van der Waals surface area contributed by atoms with Gasteiger partial charge in [-0.25, -0.2) is 0 Å². The van der Waals surface area contributed by atoms with E-state index < -0.39 is 0 Å². The first kappa shape index (κ1) is 22.0. The van der Waals surface area contributed by atoms with Gasteiger partial charge in [-0.1, -0.05) is 13.8 Å². The molecule has 0 aromatic carbocycles. The summed E-state index contributed by atoms with van der Waals surface area (Å²) in [6, 6.07) is -0.337. The van der Waals surface area contributed by atoms with Gasteiger partial charge in [0.15, 0.2) is 0 Å². The lowest BCUT2D eigenvalue weighted by molar-refractivity contribution is -0.129. The molecule has 8 nitrogen and oxygen atoms in total. The van der Waals surface area contributed by atoms with Crippen LogP contribution in [0.25, 0.3) is 0 Å². The first-order valence-corrected chi connectivity index (χ1v) is 8.42. The van der Waals surface area contributed by atoms with Crippen LogP contribution in [-0.2, 0) is 19.2 Å². The molecule has 3 amide bonds. The van der Waals surface area contributed by atoms with E-state index in [1.165, 1.54) is 6.92 Å². The molecular weight excluding hydrogens is 312 g/mol. The van der Waals surface area contributed by atoms with Gasteiger partial charge in [-0.3, -0.25) is 19.3 Å². The number of likely N-dealkylation sites (N-methyl/N-ethyl adjacent to an activating group) is 1. The first-order chi connectivity index (χ1) is 11.5. The van der Waals surface area contributed by atoms with Crippen LogP contribution in [0.3, 0.4) is 0 Å². The minimum atomic E-state index is -0.337. The molecule has 0 spiro atoms. The van der Waals surface area contributed by atoms with Gasteiger partial charge in [0, 0.05) is 26.4 Å². The molecule has 0 rings (SSSR count). The minimum Gasteiger partial charge on any atom is -0.356 e. The summed E-state index contributed by atoms with van der Waals surface area (Å²) in [5.41, 5.74) is 0. The maximum atomic E-state index is 12.4. The highest BCUT2D eigenvalue weighted by Gasteiger charge is 2.23. The van der Waals surface area contributed by atoms with Crippen molar-refractivity contribution in [2.24, 2.45) is 0 Å². The number of nitrogens with one attached hydrogen (secondary N) is 3. The van der Waals surface area contributed by atoms with Gasteiger partial charge in [-0.15, -0.1) is 0 Å². The monoisotopic (exact) mass is 342 g/mol. The van der Waals surface area contributed by atoms with E-state index in [0.29, 0.717) is 19.4 Å². The minimum absolute atomic E-state index is 0.0918. The predicted molar refractivity (Wildman–Crippen MR) is 91.3 cm³/mol. The molecule has 8 heteroatoms. The maximum absolute atomic E-state index is 12.4. The van der Waals surface area contributed by atoms with Gasteiger partial charge in [-0.05, 0) is 25.9 Å². The number of carbonyl (C=O) groups excluding carboxylic acids is 4. The normalized spacial score (nSPS) is 11.7. The molecule has 24 heavy (non-hydrogen) atoms. The Bertz CT molecular complexity index is 411. The van der Waals surface area contributed by atoms with Crippen molar-refractivity contribution in [3.63, 3.8) is 0 Å². The third kappa shape index (κ3) is 9.94. The zero-order valence-corrected chi connectivity index (χ0v) is 14.9. The van der Waals surface area contributed by atoms with Gasteiger partial charge in [0.25, 0.3) is 0 Å². The standard InChI is InChI=1S/C16H30N4O4/c1-4-20(5-2)14(8-6-9-17-13(3)22)16(24)19-12-15(23)18-10-7-11-21/h11,14H,4-10,12H2,1-3H3,(H,17,22)(H,18,23)(H,19,24). The molecule has 3 N–H and O–H groups in total. The molecule has 1 unspecified atom stereocenters. The van der Waals surface area contributed by atoms with Crippen LogP contribution < -0.4 is 16.0 Å². The van der Waals surface area contributed by atoms with Crippen LogP contribution in [0, 0.1) is 0 Å². The second-order valence-corrected chi connectivity index (χ2v) is 5.39. The average Bonchev–Trinajstić information content (AvgIpc) is 2.55. The Morgan fingerprint density at radius 2 is 1.71 bits per heavy atom. The fraction of sp³-hybridized carbons (Fsp3) is 0.750. The average molecular weight is 342 g/mol. The second-order valence-electron chi connectivity index (χ2n) is 5.39. The molecule has 0 heterocycles. The molecule has 0 aromatic heterocycles. The fourth-order valence-corrected chi connectivity index (χ4v) is 2.32. The molecule has 0 saturated heterocycles. The van der Waals surface area contributed by atoms with E-state index in [1.54, 1.807) is 0 Å². The summed E-state index contributed by atoms with van der Waals surface area (Å²) < 4.78 is 0. The van der Waals surface area contributed by atoms with E-state index >= 15 is 0 Å². The quantitative estimate of drug-likeness (QED) is 0.307. The zero-order valence-electron chi connectivity index (χ0n) is 14.9. The van der Waals surface area contributed by atoms with Crippen molar-refractivity contribution < 1.29 is 19.2 Å². The zero-order chi connectivity index (χ0) is 18.4. The van der Waals surface area contributed by atoms with Crippen molar-refractivity contribution in [2.45, 2.75) is 46.1 Å².